The first kappa shape index (κ1) is 22.7. The lowest BCUT2D eigenvalue weighted by Gasteiger charge is -2.21. The third-order valence-electron chi connectivity index (χ3n) is 5.16. The van der Waals surface area contributed by atoms with Crippen molar-refractivity contribution < 1.29 is 18.1 Å². The number of carbonyl (C=O) groups is 1. The Kier molecular flexibility index (Phi) is 7.24. The largest absolute Gasteiger partial charge is 0.376 e. The first-order valence-electron chi connectivity index (χ1n) is 10.2. The Balaban J connectivity index is 1.69. The van der Waals surface area contributed by atoms with Crippen LogP contribution in [0.1, 0.15) is 31.2 Å². The maximum atomic E-state index is 13.1. The van der Waals surface area contributed by atoms with Gasteiger partial charge in [-0.15, -0.1) is 0 Å². The normalized spacial score (nSPS) is 15.1. The van der Waals surface area contributed by atoms with Crippen molar-refractivity contribution in [1.82, 2.24) is 4.31 Å². The Morgan fingerprint density at radius 2 is 1.77 bits per heavy atom. The van der Waals surface area contributed by atoms with E-state index in [4.69, 9.17) is 0 Å². The molecular weight excluding hydrogens is 420 g/mol. The SMILES string of the molecule is Cc1ccc(NC(=O)CNc2cccc([N+](=O)[O-])c2)cc1S(=O)(=O)N1CCCCCC1. The van der Waals surface area contributed by atoms with Gasteiger partial charge in [0.15, 0.2) is 0 Å². The third kappa shape index (κ3) is 5.80. The smallest absolute Gasteiger partial charge is 0.271 e. The molecule has 31 heavy (non-hydrogen) atoms. The average molecular weight is 447 g/mol. The highest BCUT2D eigenvalue weighted by atomic mass is 32.2. The quantitative estimate of drug-likeness (QED) is 0.496. The van der Waals surface area contributed by atoms with Gasteiger partial charge < -0.3 is 10.6 Å². The number of nitrogens with one attached hydrogen (secondary N) is 2. The van der Waals surface area contributed by atoms with Crippen LogP contribution in [0.2, 0.25) is 0 Å². The van der Waals surface area contributed by atoms with Crippen LogP contribution in [0.15, 0.2) is 47.4 Å². The highest BCUT2D eigenvalue weighted by Crippen LogP contribution is 2.26. The van der Waals surface area contributed by atoms with Crippen LogP contribution < -0.4 is 10.6 Å². The summed E-state index contributed by atoms with van der Waals surface area (Å²) in [6.07, 6.45) is 3.74. The van der Waals surface area contributed by atoms with Gasteiger partial charge in [-0.25, -0.2) is 8.42 Å². The molecule has 0 aliphatic carbocycles. The summed E-state index contributed by atoms with van der Waals surface area (Å²) >= 11 is 0. The molecule has 0 spiro atoms. The first-order chi connectivity index (χ1) is 14.8. The van der Waals surface area contributed by atoms with Gasteiger partial charge >= 0.3 is 0 Å². The molecule has 166 valence electrons. The summed E-state index contributed by atoms with van der Waals surface area (Å²) in [6, 6.07) is 10.7. The van der Waals surface area contributed by atoms with Crippen LogP contribution in [-0.2, 0) is 14.8 Å². The first-order valence-corrected chi connectivity index (χ1v) is 11.6. The Morgan fingerprint density at radius 3 is 2.45 bits per heavy atom. The van der Waals surface area contributed by atoms with Gasteiger partial charge in [0, 0.05) is 36.6 Å². The van der Waals surface area contributed by atoms with Crippen LogP contribution in [0.25, 0.3) is 0 Å². The Morgan fingerprint density at radius 1 is 1.06 bits per heavy atom. The molecule has 0 bridgehead atoms. The highest BCUT2D eigenvalue weighted by molar-refractivity contribution is 7.89. The van der Waals surface area contributed by atoms with E-state index < -0.39 is 20.9 Å². The van der Waals surface area contributed by atoms with Crippen LogP contribution in [-0.4, -0.2) is 43.2 Å². The molecule has 1 heterocycles. The van der Waals surface area contributed by atoms with E-state index in [2.05, 4.69) is 10.6 Å². The summed E-state index contributed by atoms with van der Waals surface area (Å²) in [7, 11) is -3.64. The Bertz CT molecular complexity index is 1060. The number of rotatable bonds is 7. The molecule has 0 saturated carbocycles. The maximum Gasteiger partial charge on any atom is 0.271 e. The van der Waals surface area contributed by atoms with Crippen LogP contribution >= 0.6 is 0 Å². The lowest BCUT2D eigenvalue weighted by Crippen LogP contribution is -2.32. The van der Waals surface area contributed by atoms with Crippen LogP contribution in [0.5, 0.6) is 0 Å². The van der Waals surface area contributed by atoms with E-state index in [1.165, 1.54) is 28.6 Å². The predicted molar refractivity (Wildman–Crippen MR) is 119 cm³/mol. The van der Waals surface area contributed by atoms with Gasteiger partial charge in [-0.1, -0.05) is 25.0 Å². The molecule has 1 fully saturated rings. The maximum absolute atomic E-state index is 13.1. The van der Waals surface area contributed by atoms with Crippen molar-refractivity contribution in [1.29, 1.82) is 0 Å². The van der Waals surface area contributed by atoms with Gasteiger partial charge in [0.25, 0.3) is 5.69 Å². The van der Waals surface area contributed by atoms with Crippen molar-refractivity contribution >= 4 is 33.0 Å². The van der Waals surface area contributed by atoms with E-state index in [0.717, 1.165) is 25.7 Å². The third-order valence-corrected chi connectivity index (χ3v) is 7.21. The average Bonchev–Trinajstić information content (AvgIpc) is 3.04. The van der Waals surface area contributed by atoms with Gasteiger partial charge in [-0.2, -0.15) is 4.31 Å². The highest BCUT2D eigenvalue weighted by Gasteiger charge is 2.27. The number of nitro benzene ring substituents is 1. The molecule has 9 nitrogen and oxygen atoms in total. The zero-order valence-electron chi connectivity index (χ0n) is 17.3. The molecule has 2 aromatic carbocycles. The number of non-ortho nitro benzene ring substituents is 1. The number of sulfonamides is 1. The van der Waals surface area contributed by atoms with Crippen molar-refractivity contribution in [2.75, 3.05) is 30.3 Å². The molecule has 0 radical (unpaired) electrons. The molecule has 10 heteroatoms. The molecular formula is C21H26N4O5S. The fraction of sp³-hybridized carbons (Fsp3) is 0.381. The van der Waals surface area contributed by atoms with Gasteiger partial charge in [-0.05, 0) is 43.5 Å². The lowest BCUT2D eigenvalue weighted by molar-refractivity contribution is -0.384. The Hall–Kier alpha value is -2.98. The van der Waals surface area contributed by atoms with Gasteiger partial charge in [0.1, 0.15) is 0 Å². The molecule has 1 aliphatic rings. The van der Waals surface area contributed by atoms with Crippen molar-refractivity contribution in [3.05, 3.63) is 58.1 Å². The fourth-order valence-corrected chi connectivity index (χ4v) is 5.26. The second kappa shape index (κ2) is 9.88. The van der Waals surface area contributed by atoms with Crippen LogP contribution in [0, 0.1) is 17.0 Å². The van der Waals surface area contributed by atoms with E-state index in [1.54, 1.807) is 25.1 Å². The topological polar surface area (TPSA) is 122 Å². The summed E-state index contributed by atoms with van der Waals surface area (Å²) < 4.78 is 27.8. The molecule has 0 atom stereocenters. The van der Waals surface area contributed by atoms with Crippen LogP contribution in [0.3, 0.4) is 0 Å². The number of benzene rings is 2. The standard InChI is InChI=1S/C21H26N4O5S/c1-16-9-10-18(14-20(16)31(29,30)24-11-4-2-3-5-12-24)23-21(26)15-22-17-7-6-8-19(13-17)25(27)28/h6-10,13-14,22H,2-5,11-12,15H2,1H3,(H,23,26). The van der Waals surface area contributed by atoms with Crippen molar-refractivity contribution in [2.45, 2.75) is 37.5 Å². The van der Waals surface area contributed by atoms with Crippen LogP contribution in [0.4, 0.5) is 17.1 Å². The molecule has 1 aliphatic heterocycles. The number of hydrogen-bond donors (Lipinski definition) is 2. The van der Waals surface area contributed by atoms with E-state index in [-0.39, 0.29) is 17.1 Å². The minimum absolute atomic E-state index is 0.0766. The predicted octanol–water partition coefficient (Wildman–Crippen LogP) is 3.52. The molecule has 1 saturated heterocycles. The Labute approximate surface area is 181 Å². The van der Waals surface area contributed by atoms with Gasteiger partial charge in [-0.3, -0.25) is 14.9 Å². The molecule has 2 aromatic rings. The van der Waals surface area contributed by atoms with E-state index in [1.807, 2.05) is 0 Å². The van der Waals surface area contributed by atoms with Gasteiger partial charge in [0.2, 0.25) is 15.9 Å². The van der Waals surface area contributed by atoms with E-state index >= 15 is 0 Å². The fourth-order valence-electron chi connectivity index (χ4n) is 3.49. The zero-order chi connectivity index (χ0) is 22.4. The van der Waals surface area contributed by atoms with E-state index in [9.17, 15) is 23.3 Å². The van der Waals surface area contributed by atoms with Gasteiger partial charge in [0.05, 0.1) is 16.4 Å². The van der Waals surface area contributed by atoms with Crippen molar-refractivity contribution in [3.8, 4) is 0 Å². The number of aryl methyl sites for hydroxylation is 1. The summed E-state index contributed by atoms with van der Waals surface area (Å²) in [5.74, 6) is -0.395. The number of nitro groups is 1. The molecule has 0 unspecified atom stereocenters. The van der Waals surface area contributed by atoms with Crippen molar-refractivity contribution in [2.24, 2.45) is 0 Å². The van der Waals surface area contributed by atoms with Crippen molar-refractivity contribution in [3.63, 3.8) is 0 Å². The summed E-state index contributed by atoms with van der Waals surface area (Å²) in [5, 5.41) is 16.4. The molecule has 2 N–H and O–H groups in total. The van der Waals surface area contributed by atoms with E-state index in [0.29, 0.717) is 30.0 Å². The number of nitrogens with zero attached hydrogens (tertiary/aromatic N) is 2. The minimum Gasteiger partial charge on any atom is -0.376 e. The summed E-state index contributed by atoms with van der Waals surface area (Å²) in [4.78, 5) is 22.9. The number of amides is 1. The zero-order valence-corrected chi connectivity index (χ0v) is 18.2. The molecule has 3 rings (SSSR count). The lowest BCUT2D eigenvalue weighted by atomic mass is 10.2. The second-order valence-corrected chi connectivity index (χ2v) is 9.41. The monoisotopic (exact) mass is 446 g/mol. The number of carbonyl (C=O) groups excluding carboxylic acids is 1. The number of hydrogen-bond acceptors (Lipinski definition) is 6. The minimum atomic E-state index is -3.64. The summed E-state index contributed by atoms with van der Waals surface area (Å²) in [6.45, 7) is 2.63. The number of anilines is 2. The molecule has 1 amide bonds. The summed E-state index contributed by atoms with van der Waals surface area (Å²) in [5.41, 5.74) is 1.37. The molecule has 0 aromatic heterocycles. The second-order valence-electron chi connectivity index (χ2n) is 7.51.